The summed E-state index contributed by atoms with van der Waals surface area (Å²) in [4.78, 5) is 14.9. The molecule has 0 saturated heterocycles. The third kappa shape index (κ3) is 2.86. The van der Waals surface area contributed by atoms with Crippen molar-refractivity contribution in [2.45, 2.75) is 11.8 Å². The molecule has 0 bridgehead atoms. The van der Waals surface area contributed by atoms with E-state index in [4.69, 9.17) is 10.3 Å². The number of rotatable bonds is 4. The zero-order chi connectivity index (χ0) is 16.6. The van der Waals surface area contributed by atoms with Crippen molar-refractivity contribution in [2.75, 3.05) is 4.72 Å². The van der Waals surface area contributed by atoms with Crippen LogP contribution in [0.2, 0.25) is 0 Å². The van der Waals surface area contributed by atoms with Gasteiger partial charge in [-0.25, -0.2) is 13.4 Å². The lowest BCUT2D eigenvalue weighted by atomic mass is 10.2. The predicted molar refractivity (Wildman–Crippen MR) is 82.3 cm³/mol. The normalized spacial score (nSPS) is 11.5. The summed E-state index contributed by atoms with van der Waals surface area (Å²) in [5.41, 5.74) is 6.55. The number of sulfonamides is 1. The molecule has 0 aliphatic rings. The maximum Gasteiger partial charge on any atom is 0.263 e. The van der Waals surface area contributed by atoms with Gasteiger partial charge < -0.3 is 10.3 Å². The smallest absolute Gasteiger partial charge is 0.263 e. The molecule has 0 fully saturated rings. The number of aryl methyl sites for hydroxylation is 1. The molecule has 2 aromatic heterocycles. The summed E-state index contributed by atoms with van der Waals surface area (Å²) in [6, 6.07) is 7.22. The number of hydrogen-bond donors (Lipinski definition) is 2. The fourth-order valence-electron chi connectivity index (χ4n) is 1.99. The Morgan fingerprint density at radius 3 is 2.61 bits per heavy atom. The standard InChI is InChI=1S/C14H12N4O4S/c1-8-12-6-11(7-16-14(12)22-17-8)23(20,21)18-10-4-2-9(3-5-10)13(15)19/h2-7,18H,1H3,(H2,15,19). The number of carbonyl (C=O) groups excluding carboxylic acids is 1. The number of nitrogens with two attached hydrogens (primary N) is 1. The van der Waals surface area contributed by atoms with Crippen LogP contribution in [0.1, 0.15) is 16.1 Å². The minimum absolute atomic E-state index is 0.0183. The maximum absolute atomic E-state index is 12.4. The van der Waals surface area contributed by atoms with Crippen molar-refractivity contribution in [1.29, 1.82) is 0 Å². The average Bonchev–Trinajstić information content (AvgIpc) is 2.88. The van der Waals surface area contributed by atoms with E-state index < -0.39 is 15.9 Å². The molecule has 0 atom stereocenters. The quantitative estimate of drug-likeness (QED) is 0.743. The summed E-state index contributed by atoms with van der Waals surface area (Å²) in [5, 5.41) is 4.26. The van der Waals surface area contributed by atoms with Gasteiger partial charge in [-0.2, -0.15) is 0 Å². The van der Waals surface area contributed by atoms with Crippen molar-refractivity contribution in [3.63, 3.8) is 0 Å². The van der Waals surface area contributed by atoms with E-state index in [-0.39, 0.29) is 16.2 Å². The van der Waals surface area contributed by atoms with Crippen LogP contribution in [0.15, 0.2) is 45.9 Å². The number of fused-ring (bicyclic) bond motifs is 1. The van der Waals surface area contributed by atoms with E-state index >= 15 is 0 Å². The first kappa shape index (κ1) is 15.0. The Kier molecular flexibility index (Phi) is 3.49. The highest BCUT2D eigenvalue weighted by Gasteiger charge is 2.17. The lowest BCUT2D eigenvalue weighted by Gasteiger charge is -2.08. The zero-order valence-electron chi connectivity index (χ0n) is 12.0. The molecule has 3 aromatic rings. The maximum atomic E-state index is 12.4. The van der Waals surface area contributed by atoms with Crippen LogP contribution >= 0.6 is 0 Å². The van der Waals surface area contributed by atoms with E-state index in [1.54, 1.807) is 6.92 Å². The third-order valence-electron chi connectivity index (χ3n) is 3.22. The molecular formula is C14H12N4O4S. The highest BCUT2D eigenvalue weighted by molar-refractivity contribution is 7.92. The number of primary amides is 1. The number of aromatic nitrogens is 2. The Morgan fingerprint density at radius 2 is 1.96 bits per heavy atom. The molecule has 1 aromatic carbocycles. The second-order valence-corrected chi connectivity index (χ2v) is 6.52. The molecule has 0 saturated carbocycles. The molecular weight excluding hydrogens is 320 g/mol. The van der Waals surface area contributed by atoms with E-state index in [0.29, 0.717) is 16.8 Å². The van der Waals surface area contributed by atoms with Crippen LogP contribution in [0.5, 0.6) is 0 Å². The monoisotopic (exact) mass is 332 g/mol. The van der Waals surface area contributed by atoms with Crippen LogP contribution in [-0.4, -0.2) is 24.5 Å². The van der Waals surface area contributed by atoms with Gasteiger partial charge in [-0.3, -0.25) is 9.52 Å². The van der Waals surface area contributed by atoms with Gasteiger partial charge in [-0.1, -0.05) is 5.16 Å². The number of nitrogens with zero attached hydrogens (tertiary/aromatic N) is 2. The van der Waals surface area contributed by atoms with Crippen LogP contribution in [0.25, 0.3) is 11.1 Å². The van der Waals surface area contributed by atoms with Crippen molar-refractivity contribution in [3.8, 4) is 0 Å². The van der Waals surface area contributed by atoms with Crippen LogP contribution in [0.3, 0.4) is 0 Å². The Balaban J connectivity index is 1.93. The number of nitrogens with one attached hydrogen (secondary N) is 1. The topological polar surface area (TPSA) is 128 Å². The van der Waals surface area contributed by atoms with Gasteiger partial charge in [0.1, 0.15) is 4.90 Å². The van der Waals surface area contributed by atoms with E-state index in [1.165, 1.54) is 36.5 Å². The Bertz CT molecular complexity index is 993. The van der Waals surface area contributed by atoms with Gasteiger partial charge in [0, 0.05) is 11.3 Å². The van der Waals surface area contributed by atoms with Crippen LogP contribution in [0, 0.1) is 6.92 Å². The van der Waals surface area contributed by atoms with Gasteiger partial charge in [-0.15, -0.1) is 0 Å². The first-order chi connectivity index (χ1) is 10.9. The molecule has 0 spiro atoms. The first-order valence-corrected chi connectivity index (χ1v) is 8.00. The number of pyridine rings is 1. The number of anilines is 1. The molecule has 8 nitrogen and oxygen atoms in total. The fraction of sp³-hybridized carbons (Fsp3) is 0.0714. The number of carbonyl (C=O) groups is 1. The Labute approximate surface area is 131 Å². The summed E-state index contributed by atoms with van der Waals surface area (Å²) in [7, 11) is -3.83. The molecule has 118 valence electrons. The molecule has 0 unspecified atom stereocenters. The van der Waals surface area contributed by atoms with E-state index in [9.17, 15) is 13.2 Å². The van der Waals surface area contributed by atoms with Crippen molar-refractivity contribution in [1.82, 2.24) is 10.1 Å². The second-order valence-electron chi connectivity index (χ2n) is 4.84. The van der Waals surface area contributed by atoms with Crippen molar-refractivity contribution in [2.24, 2.45) is 5.73 Å². The predicted octanol–water partition coefficient (Wildman–Crippen LogP) is 1.43. The average molecular weight is 332 g/mol. The van der Waals surface area contributed by atoms with Gasteiger partial charge >= 0.3 is 0 Å². The van der Waals surface area contributed by atoms with Crippen molar-refractivity contribution < 1.29 is 17.7 Å². The summed E-state index contributed by atoms with van der Waals surface area (Å²) < 4.78 is 32.2. The summed E-state index contributed by atoms with van der Waals surface area (Å²) in [6.45, 7) is 1.69. The number of hydrogen-bond acceptors (Lipinski definition) is 6. The van der Waals surface area contributed by atoms with Gasteiger partial charge in [-0.05, 0) is 37.3 Å². The van der Waals surface area contributed by atoms with Gasteiger partial charge in [0.2, 0.25) is 5.91 Å². The molecule has 9 heteroatoms. The van der Waals surface area contributed by atoms with Crippen molar-refractivity contribution in [3.05, 3.63) is 47.8 Å². The lowest BCUT2D eigenvalue weighted by molar-refractivity contribution is 0.100. The molecule has 23 heavy (non-hydrogen) atoms. The molecule has 0 radical (unpaired) electrons. The highest BCUT2D eigenvalue weighted by Crippen LogP contribution is 2.21. The number of amides is 1. The molecule has 0 aliphatic carbocycles. The largest absolute Gasteiger partial charge is 0.366 e. The Hall–Kier alpha value is -2.94. The second kappa shape index (κ2) is 5.36. The molecule has 3 rings (SSSR count). The molecule has 2 heterocycles. The van der Waals surface area contributed by atoms with Gasteiger partial charge in [0.25, 0.3) is 15.7 Å². The van der Waals surface area contributed by atoms with Crippen molar-refractivity contribution >= 4 is 32.7 Å². The summed E-state index contributed by atoms with van der Waals surface area (Å²) >= 11 is 0. The molecule has 3 N–H and O–H groups in total. The molecule has 0 aliphatic heterocycles. The third-order valence-corrected chi connectivity index (χ3v) is 4.57. The SMILES string of the molecule is Cc1noc2ncc(S(=O)(=O)Nc3ccc(C(N)=O)cc3)cc12. The van der Waals surface area contributed by atoms with Gasteiger partial charge in [0.05, 0.1) is 17.3 Å². The van der Waals surface area contributed by atoms with Crippen LogP contribution < -0.4 is 10.5 Å². The highest BCUT2D eigenvalue weighted by atomic mass is 32.2. The van der Waals surface area contributed by atoms with Crippen LogP contribution in [0.4, 0.5) is 5.69 Å². The fourth-order valence-corrected chi connectivity index (χ4v) is 3.02. The lowest BCUT2D eigenvalue weighted by Crippen LogP contribution is -2.14. The first-order valence-electron chi connectivity index (χ1n) is 6.51. The van der Waals surface area contributed by atoms with E-state index in [0.717, 1.165) is 0 Å². The minimum atomic E-state index is -3.83. The van der Waals surface area contributed by atoms with E-state index in [2.05, 4.69) is 14.9 Å². The number of benzene rings is 1. The summed E-state index contributed by atoms with van der Waals surface area (Å²) in [6.07, 6.45) is 1.19. The zero-order valence-corrected chi connectivity index (χ0v) is 12.8. The van der Waals surface area contributed by atoms with Gasteiger partial charge in [0.15, 0.2) is 0 Å². The summed E-state index contributed by atoms with van der Waals surface area (Å²) in [5.74, 6) is -0.586. The Morgan fingerprint density at radius 1 is 1.26 bits per heavy atom. The minimum Gasteiger partial charge on any atom is -0.366 e. The van der Waals surface area contributed by atoms with E-state index in [1.807, 2.05) is 0 Å². The van der Waals surface area contributed by atoms with Crippen LogP contribution in [-0.2, 0) is 10.0 Å². The molecule has 1 amide bonds.